The zero-order chi connectivity index (χ0) is 11.5. The molecule has 1 aromatic heterocycles. The van der Waals surface area contributed by atoms with Gasteiger partial charge in [-0.05, 0) is 33.0 Å². The van der Waals surface area contributed by atoms with Crippen molar-refractivity contribution in [1.82, 2.24) is 10.0 Å². The van der Waals surface area contributed by atoms with E-state index < -0.39 is 10.0 Å². The van der Waals surface area contributed by atoms with Gasteiger partial charge in [-0.3, -0.25) is 0 Å². The van der Waals surface area contributed by atoms with Crippen LogP contribution in [0.15, 0.2) is 21.6 Å². The highest BCUT2D eigenvalue weighted by atomic mass is 35.5. The van der Waals surface area contributed by atoms with Crippen molar-refractivity contribution in [2.75, 3.05) is 13.6 Å². The molecule has 94 valence electrons. The Morgan fingerprint density at radius 3 is 2.50 bits per heavy atom. The number of nitrogens with one attached hydrogen (secondary N) is 2. The first kappa shape index (κ1) is 15.4. The summed E-state index contributed by atoms with van der Waals surface area (Å²) in [5.41, 5.74) is 0. The minimum absolute atomic E-state index is 0. The molecule has 16 heavy (non-hydrogen) atoms. The second-order valence-corrected chi connectivity index (χ2v) is 5.10. The molecule has 0 saturated carbocycles. The molecule has 1 unspecified atom stereocenters. The highest BCUT2D eigenvalue weighted by Crippen LogP contribution is 2.12. The first-order valence-corrected chi connectivity index (χ1v) is 6.17. The fourth-order valence-electron chi connectivity index (χ4n) is 0.964. The van der Waals surface area contributed by atoms with Gasteiger partial charge in [-0.15, -0.1) is 12.4 Å². The maximum Gasteiger partial charge on any atom is 0.274 e. The van der Waals surface area contributed by atoms with Crippen molar-refractivity contribution in [2.45, 2.75) is 25.0 Å². The van der Waals surface area contributed by atoms with Crippen LogP contribution in [-0.4, -0.2) is 28.1 Å². The Labute approximate surface area is 102 Å². The lowest BCUT2D eigenvalue weighted by Gasteiger charge is -2.10. The average molecular weight is 269 g/mol. The molecule has 0 bridgehead atoms. The molecule has 5 nitrogen and oxygen atoms in total. The summed E-state index contributed by atoms with van der Waals surface area (Å²) in [4.78, 5) is 0. The van der Waals surface area contributed by atoms with Crippen molar-refractivity contribution in [3.05, 3.63) is 17.9 Å². The summed E-state index contributed by atoms with van der Waals surface area (Å²) >= 11 is 0. The Morgan fingerprint density at radius 1 is 1.44 bits per heavy atom. The van der Waals surface area contributed by atoms with Crippen LogP contribution in [0.4, 0.5) is 0 Å². The average Bonchev–Trinajstić information content (AvgIpc) is 2.62. The van der Waals surface area contributed by atoms with E-state index in [1.807, 2.05) is 6.92 Å². The molecule has 1 rings (SSSR count). The zero-order valence-corrected chi connectivity index (χ0v) is 11.1. The highest BCUT2D eigenvalue weighted by molar-refractivity contribution is 7.89. The Hall–Kier alpha value is -0.560. The summed E-state index contributed by atoms with van der Waals surface area (Å²) in [5.74, 6) is 0.581. The van der Waals surface area contributed by atoms with E-state index in [9.17, 15) is 8.42 Å². The topological polar surface area (TPSA) is 71.3 Å². The summed E-state index contributed by atoms with van der Waals surface area (Å²) in [7, 11) is -1.73. The van der Waals surface area contributed by atoms with Gasteiger partial charge in [-0.25, -0.2) is 13.1 Å². The maximum absolute atomic E-state index is 11.6. The van der Waals surface area contributed by atoms with Crippen LogP contribution in [0.1, 0.15) is 12.7 Å². The minimum Gasteiger partial charge on any atom is -0.449 e. The Bertz CT molecular complexity index is 416. The van der Waals surface area contributed by atoms with Crippen LogP contribution in [0.2, 0.25) is 0 Å². The molecule has 0 amide bonds. The van der Waals surface area contributed by atoms with E-state index in [0.717, 1.165) is 0 Å². The lowest BCUT2D eigenvalue weighted by Crippen LogP contribution is -2.37. The van der Waals surface area contributed by atoms with E-state index in [2.05, 4.69) is 10.0 Å². The second kappa shape index (κ2) is 6.24. The molecule has 0 fully saturated rings. The van der Waals surface area contributed by atoms with Gasteiger partial charge in [0.15, 0.2) is 0 Å². The predicted octanol–water partition coefficient (Wildman–Crippen LogP) is 0.896. The minimum atomic E-state index is -3.50. The third kappa shape index (κ3) is 4.13. The van der Waals surface area contributed by atoms with Crippen molar-refractivity contribution >= 4 is 22.4 Å². The van der Waals surface area contributed by atoms with Crippen LogP contribution >= 0.6 is 12.4 Å². The Kier molecular flexibility index (Phi) is 6.02. The second-order valence-electron chi connectivity index (χ2n) is 3.41. The molecule has 0 spiro atoms. The van der Waals surface area contributed by atoms with Crippen LogP contribution in [0.5, 0.6) is 0 Å². The van der Waals surface area contributed by atoms with E-state index in [1.165, 1.54) is 6.07 Å². The molecule has 0 aliphatic carbocycles. The number of hydrogen-bond donors (Lipinski definition) is 2. The SMILES string of the molecule is CNC(C)CNS(=O)(=O)c1ccc(C)o1.Cl. The van der Waals surface area contributed by atoms with Gasteiger partial charge in [-0.2, -0.15) is 0 Å². The molecule has 0 saturated heterocycles. The van der Waals surface area contributed by atoms with Crippen molar-refractivity contribution in [3.8, 4) is 0 Å². The molecule has 7 heteroatoms. The van der Waals surface area contributed by atoms with Gasteiger partial charge in [0.2, 0.25) is 5.09 Å². The standard InChI is InChI=1S/C9H16N2O3S.ClH/c1-7(10-3)6-11-15(12,13)9-5-4-8(2)14-9;/h4-5,7,10-11H,6H2,1-3H3;1H. The summed E-state index contributed by atoms with van der Waals surface area (Å²) in [6.45, 7) is 3.92. The molecule has 2 N–H and O–H groups in total. The number of aryl methyl sites for hydroxylation is 1. The molecule has 1 aromatic rings. The van der Waals surface area contributed by atoms with Gasteiger partial charge in [0.25, 0.3) is 10.0 Å². The first-order chi connectivity index (χ1) is 6.95. The van der Waals surface area contributed by atoms with Crippen molar-refractivity contribution in [1.29, 1.82) is 0 Å². The van der Waals surface area contributed by atoms with E-state index in [4.69, 9.17) is 4.42 Å². The molecule has 0 aliphatic rings. The van der Waals surface area contributed by atoms with Gasteiger partial charge < -0.3 is 9.73 Å². The summed E-state index contributed by atoms with van der Waals surface area (Å²) in [6.07, 6.45) is 0. The van der Waals surface area contributed by atoms with Crippen molar-refractivity contribution in [2.24, 2.45) is 0 Å². The number of sulfonamides is 1. The van der Waals surface area contributed by atoms with Gasteiger partial charge in [0.1, 0.15) is 5.76 Å². The molecular weight excluding hydrogens is 252 g/mol. The Morgan fingerprint density at radius 2 is 2.06 bits per heavy atom. The van der Waals surface area contributed by atoms with Gasteiger partial charge >= 0.3 is 0 Å². The first-order valence-electron chi connectivity index (χ1n) is 4.69. The highest BCUT2D eigenvalue weighted by Gasteiger charge is 2.18. The quantitative estimate of drug-likeness (QED) is 0.832. The summed E-state index contributed by atoms with van der Waals surface area (Å²) in [5, 5.41) is 2.90. The molecule has 0 aliphatic heterocycles. The van der Waals surface area contributed by atoms with Crippen LogP contribution in [-0.2, 0) is 10.0 Å². The molecule has 0 radical (unpaired) electrons. The smallest absolute Gasteiger partial charge is 0.274 e. The number of halogens is 1. The lowest BCUT2D eigenvalue weighted by molar-refractivity contribution is 0.424. The zero-order valence-electron chi connectivity index (χ0n) is 9.48. The third-order valence-corrected chi connectivity index (χ3v) is 3.35. The maximum atomic E-state index is 11.6. The van der Waals surface area contributed by atoms with Gasteiger partial charge in [0.05, 0.1) is 0 Å². The monoisotopic (exact) mass is 268 g/mol. The fourth-order valence-corrected chi connectivity index (χ4v) is 2.06. The van der Waals surface area contributed by atoms with Crippen LogP contribution in [0.3, 0.4) is 0 Å². The fraction of sp³-hybridized carbons (Fsp3) is 0.556. The summed E-state index contributed by atoms with van der Waals surface area (Å²) in [6, 6.07) is 3.15. The summed E-state index contributed by atoms with van der Waals surface area (Å²) < 4.78 is 30.8. The number of hydrogen-bond acceptors (Lipinski definition) is 4. The molecule has 1 atom stereocenters. The van der Waals surface area contributed by atoms with Crippen molar-refractivity contribution in [3.63, 3.8) is 0 Å². The van der Waals surface area contributed by atoms with Crippen LogP contribution in [0, 0.1) is 6.92 Å². The van der Waals surface area contributed by atoms with Gasteiger partial charge in [-0.1, -0.05) is 0 Å². The number of furan rings is 1. The third-order valence-electron chi connectivity index (χ3n) is 2.05. The molecule has 0 aromatic carbocycles. The molecular formula is C9H17ClN2O3S. The van der Waals surface area contributed by atoms with E-state index >= 15 is 0 Å². The van der Waals surface area contributed by atoms with E-state index in [-0.39, 0.29) is 23.5 Å². The normalized spacial score (nSPS) is 13.2. The van der Waals surface area contributed by atoms with E-state index in [0.29, 0.717) is 12.3 Å². The van der Waals surface area contributed by atoms with Gasteiger partial charge in [0, 0.05) is 12.6 Å². The largest absolute Gasteiger partial charge is 0.449 e. The number of likely N-dealkylation sites (N-methyl/N-ethyl adjacent to an activating group) is 1. The van der Waals surface area contributed by atoms with Crippen molar-refractivity contribution < 1.29 is 12.8 Å². The Balaban J connectivity index is 0.00000225. The number of rotatable bonds is 5. The molecule has 1 heterocycles. The predicted molar refractivity (Wildman–Crippen MR) is 64.4 cm³/mol. The lowest BCUT2D eigenvalue weighted by atomic mass is 10.4. The van der Waals surface area contributed by atoms with Crippen LogP contribution in [0.25, 0.3) is 0 Å². The van der Waals surface area contributed by atoms with Crippen LogP contribution < -0.4 is 10.0 Å². The van der Waals surface area contributed by atoms with E-state index in [1.54, 1.807) is 20.0 Å².